The maximum atomic E-state index is 12.2. The van der Waals surface area contributed by atoms with Gasteiger partial charge in [0.25, 0.3) is 0 Å². The highest BCUT2D eigenvalue weighted by Crippen LogP contribution is 2.68. The van der Waals surface area contributed by atoms with Gasteiger partial charge in [0.15, 0.2) is 5.78 Å². The van der Waals surface area contributed by atoms with Crippen molar-refractivity contribution in [2.24, 2.45) is 29.1 Å². The molecule has 1 heterocycles. The van der Waals surface area contributed by atoms with Crippen LogP contribution in [0.15, 0.2) is 58.9 Å². The fourth-order valence-corrected chi connectivity index (χ4v) is 8.42. The summed E-state index contributed by atoms with van der Waals surface area (Å²) in [5.41, 5.74) is 3.89. The lowest BCUT2D eigenvalue weighted by atomic mass is 9.46. The minimum atomic E-state index is -0.912. The van der Waals surface area contributed by atoms with E-state index in [9.17, 15) is 9.90 Å². The summed E-state index contributed by atoms with van der Waals surface area (Å²) in [6.45, 7) is 4.16. The van der Waals surface area contributed by atoms with Gasteiger partial charge in [-0.15, -0.1) is 5.92 Å². The fourth-order valence-electron chi connectivity index (χ4n) is 8.42. The van der Waals surface area contributed by atoms with Crippen LogP contribution in [0.2, 0.25) is 0 Å². The van der Waals surface area contributed by atoms with Crippen molar-refractivity contribution in [2.75, 3.05) is 0 Å². The topological polar surface area (TPSA) is 50.4 Å². The molecule has 3 nitrogen and oxygen atoms in total. The number of rotatable bonds is 2. The van der Waals surface area contributed by atoms with Crippen LogP contribution in [0.1, 0.15) is 70.3 Å². The average molecular weight is 455 g/mol. The van der Waals surface area contributed by atoms with Gasteiger partial charge in [-0.2, -0.15) is 0 Å². The van der Waals surface area contributed by atoms with Crippen LogP contribution < -0.4 is 0 Å². The maximum Gasteiger partial charge on any atom is 0.155 e. The van der Waals surface area contributed by atoms with Crippen molar-refractivity contribution in [3.8, 4) is 23.0 Å². The summed E-state index contributed by atoms with van der Waals surface area (Å²) in [4.78, 5) is 12.2. The molecule has 7 atom stereocenters. The molecule has 0 aliphatic heterocycles. The average Bonchev–Trinajstić information content (AvgIpc) is 3.46. The predicted octanol–water partition coefficient (Wildman–Crippen LogP) is 6.54. The maximum absolute atomic E-state index is 12.2. The molecule has 6 rings (SSSR count). The third-order valence-electron chi connectivity index (χ3n) is 9.98. The third kappa shape index (κ3) is 3.18. The zero-order chi connectivity index (χ0) is 23.5. The number of carbonyl (C=O) groups excluding carboxylic acids is 1. The first-order valence-electron chi connectivity index (χ1n) is 13.0. The van der Waals surface area contributed by atoms with Crippen LogP contribution in [-0.4, -0.2) is 16.5 Å². The normalized spacial score (nSPS) is 38.7. The van der Waals surface area contributed by atoms with E-state index in [2.05, 4.69) is 43.0 Å². The van der Waals surface area contributed by atoms with Crippen molar-refractivity contribution in [1.82, 2.24) is 0 Å². The minimum Gasteiger partial charge on any atom is -0.472 e. The number of fused-ring (bicyclic) bond motifs is 5. The molecular weight excluding hydrogens is 420 g/mol. The van der Waals surface area contributed by atoms with E-state index >= 15 is 0 Å². The summed E-state index contributed by atoms with van der Waals surface area (Å²) in [5.74, 6) is 9.05. The SMILES string of the molecule is CC#C[C@]1(O)CC[C@H]2[C@@H]3CCC4=CC(=O)CC[C@@H]4[C@H]3[C@@H](c3ccc(-c4ccoc4)cc3)C[C@@]21C. The molecule has 0 bridgehead atoms. The Morgan fingerprint density at radius 1 is 1.03 bits per heavy atom. The molecule has 0 amide bonds. The quantitative estimate of drug-likeness (QED) is 0.525. The number of carbonyl (C=O) groups is 1. The zero-order valence-electron chi connectivity index (χ0n) is 20.2. The largest absolute Gasteiger partial charge is 0.472 e. The Balaban J connectivity index is 1.44. The monoisotopic (exact) mass is 454 g/mol. The first-order valence-corrected chi connectivity index (χ1v) is 13.0. The highest BCUT2D eigenvalue weighted by atomic mass is 16.3. The van der Waals surface area contributed by atoms with E-state index in [4.69, 9.17) is 4.42 Å². The number of allylic oxidation sites excluding steroid dienone is 1. The molecule has 1 aromatic heterocycles. The van der Waals surface area contributed by atoms with Gasteiger partial charge in [-0.05, 0) is 98.3 Å². The molecule has 0 saturated heterocycles. The number of furan rings is 1. The molecule has 0 unspecified atom stereocenters. The lowest BCUT2D eigenvalue weighted by molar-refractivity contribution is -0.117. The molecule has 3 fully saturated rings. The number of benzene rings is 1. The summed E-state index contributed by atoms with van der Waals surface area (Å²) in [7, 11) is 0. The Morgan fingerprint density at radius 2 is 1.85 bits per heavy atom. The smallest absolute Gasteiger partial charge is 0.155 e. The molecule has 4 aliphatic carbocycles. The van der Waals surface area contributed by atoms with E-state index in [0.717, 1.165) is 49.7 Å². The van der Waals surface area contributed by atoms with Crippen molar-refractivity contribution in [3.05, 3.63) is 60.1 Å². The lowest BCUT2D eigenvalue weighted by Gasteiger charge is -2.58. The van der Waals surface area contributed by atoms with E-state index in [0.29, 0.717) is 41.8 Å². The van der Waals surface area contributed by atoms with Gasteiger partial charge in [-0.1, -0.05) is 42.7 Å². The van der Waals surface area contributed by atoms with Crippen molar-refractivity contribution < 1.29 is 14.3 Å². The summed E-state index contributed by atoms with van der Waals surface area (Å²) in [6, 6.07) is 11.0. The molecule has 1 N–H and O–H groups in total. The molecule has 0 spiro atoms. The van der Waals surface area contributed by atoms with E-state index in [-0.39, 0.29) is 5.41 Å². The van der Waals surface area contributed by atoms with Crippen LogP contribution in [-0.2, 0) is 4.79 Å². The lowest BCUT2D eigenvalue weighted by Crippen LogP contribution is -2.54. The van der Waals surface area contributed by atoms with Gasteiger partial charge in [-0.25, -0.2) is 0 Å². The van der Waals surface area contributed by atoms with Gasteiger partial charge in [0.1, 0.15) is 5.60 Å². The number of hydrogen-bond donors (Lipinski definition) is 1. The third-order valence-corrected chi connectivity index (χ3v) is 9.98. The molecule has 3 heteroatoms. The summed E-state index contributed by atoms with van der Waals surface area (Å²) >= 11 is 0. The number of ketones is 1. The van der Waals surface area contributed by atoms with Gasteiger partial charge < -0.3 is 9.52 Å². The fraction of sp³-hybridized carbons (Fsp3) is 0.516. The highest BCUT2D eigenvalue weighted by Gasteiger charge is 2.64. The van der Waals surface area contributed by atoms with E-state index in [1.807, 2.05) is 19.1 Å². The molecule has 3 saturated carbocycles. The molecule has 4 aliphatic rings. The van der Waals surface area contributed by atoms with Crippen LogP contribution in [0.25, 0.3) is 11.1 Å². The predicted molar refractivity (Wildman–Crippen MR) is 133 cm³/mol. The number of aliphatic hydroxyl groups is 1. The van der Waals surface area contributed by atoms with Crippen LogP contribution in [0, 0.1) is 40.9 Å². The Hall–Kier alpha value is -2.57. The molecule has 176 valence electrons. The molecular formula is C31H34O3. The minimum absolute atomic E-state index is 0.212. The second kappa shape index (κ2) is 7.99. The van der Waals surface area contributed by atoms with Gasteiger partial charge in [0.05, 0.1) is 12.5 Å². The van der Waals surface area contributed by atoms with Crippen molar-refractivity contribution in [3.63, 3.8) is 0 Å². The summed E-state index contributed by atoms with van der Waals surface area (Å²) in [6.07, 6.45) is 12.1. The highest BCUT2D eigenvalue weighted by molar-refractivity contribution is 5.91. The second-order valence-electron chi connectivity index (χ2n) is 11.4. The first kappa shape index (κ1) is 21.9. The molecule has 2 aromatic rings. The standard InChI is InChI=1S/C31H34O3/c1-3-14-31(33)15-12-28-26-10-8-22-17-24(32)9-11-25(22)29(26)27(18-30(28,31)2)21-6-4-20(5-7-21)23-13-16-34-19-23/h4-7,13,16-17,19,25-29,33H,8-12,15,18H2,1-2H3/t25-,26-,27+,28-,29+,30-,31-/m0/s1. The van der Waals surface area contributed by atoms with Gasteiger partial charge >= 0.3 is 0 Å². The Bertz CT molecular complexity index is 1180. The van der Waals surface area contributed by atoms with Gasteiger partial charge in [0.2, 0.25) is 0 Å². The van der Waals surface area contributed by atoms with E-state index in [1.54, 1.807) is 12.5 Å². The van der Waals surface area contributed by atoms with E-state index < -0.39 is 5.60 Å². The number of hydrogen-bond acceptors (Lipinski definition) is 3. The summed E-state index contributed by atoms with van der Waals surface area (Å²) in [5, 5.41) is 11.8. The van der Waals surface area contributed by atoms with Crippen molar-refractivity contribution >= 4 is 5.78 Å². The second-order valence-corrected chi connectivity index (χ2v) is 11.4. The first-order chi connectivity index (χ1) is 16.4. The Morgan fingerprint density at radius 3 is 2.59 bits per heavy atom. The van der Waals surface area contributed by atoms with Gasteiger partial charge in [0, 0.05) is 17.4 Å². The van der Waals surface area contributed by atoms with Crippen molar-refractivity contribution in [2.45, 2.75) is 70.3 Å². The molecule has 34 heavy (non-hydrogen) atoms. The van der Waals surface area contributed by atoms with Crippen LogP contribution in [0.4, 0.5) is 0 Å². The summed E-state index contributed by atoms with van der Waals surface area (Å²) < 4.78 is 5.29. The molecule has 0 radical (unpaired) electrons. The van der Waals surface area contributed by atoms with Crippen LogP contribution in [0.5, 0.6) is 0 Å². The van der Waals surface area contributed by atoms with Crippen LogP contribution >= 0.6 is 0 Å². The Labute approximate surface area is 202 Å². The molecule has 1 aromatic carbocycles. The Kier molecular flexibility index (Phi) is 5.15. The van der Waals surface area contributed by atoms with Gasteiger partial charge in [-0.3, -0.25) is 4.79 Å². The van der Waals surface area contributed by atoms with E-state index in [1.165, 1.54) is 11.1 Å². The zero-order valence-corrected chi connectivity index (χ0v) is 20.2. The van der Waals surface area contributed by atoms with Crippen LogP contribution in [0.3, 0.4) is 0 Å². The van der Waals surface area contributed by atoms with Crippen molar-refractivity contribution in [1.29, 1.82) is 0 Å².